The first-order valence-electron chi connectivity index (χ1n) is 10.3. The van der Waals surface area contributed by atoms with Crippen LogP contribution in [0.15, 0.2) is 36.4 Å². The number of aryl methyl sites for hydroxylation is 1. The smallest absolute Gasteiger partial charge is 0.250 e. The van der Waals surface area contributed by atoms with E-state index in [1.54, 1.807) is 19.1 Å². The molecule has 0 radical (unpaired) electrons. The Labute approximate surface area is 172 Å². The summed E-state index contributed by atoms with van der Waals surface area (Å²) in [5.41, 5.74) is 9.18. The van der Waals surface area contributed by atoms with Crippen molar-refractivity contribution in [2.75, 3.05) is 19.6 Å². The lowest BCUT2D eigenvalue weighted by atomic mass is 10.0. The number of likely N-dealkylation sites (tertiary alicyclic amines) is 1. The molecule has 1 aromatic carbocycles. The number of pyridine rings is 1. The summed E-state index contributed by atoms with van der Waals surface area (Å²) in [5.74, 6) is 0.352. The van der Waals surface area contributed by atoms with Crippen molar-refractivity contribution in [2.24, 2.45) is 11.7 Å². The van der Waals surface area contributed by atoms with Crippen LogP contribution in [0.3, 0.4) is 0 Å². The van der Waals surface area contributed by atoms with Crippen LogP contribution in [0, 0.1) is 12.8 Å². The van der Waals surface area contributed by atoms with Crippen LogP contribution in [0.25, 0.3) is 11.3 Å². The van der Waals surface area contributed by atoms with Gasteiger partial charge in [0.05, 0.1) is 17.0 Å². The lowest BCUT2D eigenvalue weighted by Gasteiger charge is -2.30. The molecule has 0 aliphatic carbocycles. The zero-order valence-corrected chi connectivity index (χ0v) is 17.3. The summed E-state index contributed by atoms with van der Waals surface area (Å²) >= 11 is 0. The number of piperidine rings is 1. The highest BCUT2D eigenvalue weighted by Crippen LogP contribution is 2.20. The molecule has 3 rings (SSSR count). The molecule has 0 bridgehead atoms. The van der Waals surface area contributed by atoms with Gasteiger partial charge in [-0.2, -0.15) is 0 Å². The average Bonchev–Trinajstić information content (AvgIpc) is 2.71. The van der Waals surface area contributed by atoms with Crippen molar-refractivity contribution in [1.82, 2.24) is 15.2 Å². The van der Waals surface area contributed by atoms with Gasteiger partial charge >= 0.3 is 0 Å². The number of hydrogen-bond donors (Lipinski definition) is 2. The van der Waals surface area contributed by atoms with E-state index < -0.39 is 5.91 Å². The molecule has 2 heterocycles. The molecule has 0 saturated carbocycles. The number of nitrogens with zero attached hydrogens (tertiary/aromatic N) is 2. The SMILES string of the molecule is Cc1nc(-c2ccc(CNC(=O)CCN3CCCC(C)C3)cc2)ccc1C(N)=O. The Morgan fingerprint density at radius 1 is 1.21 bits per heavy atom. The van der Waals surface area contributed by atoms with Crippen LogP contribution in [0.5, 0.6) is 0 Å². The van der Waals surface area contributed by atoms with E-state index in [0.717, 1.165) is 42.4 Å². The number of rotatable bonds is 7. The molecule has 6 nitrogen and oxygen atoms in total. The summed E-state index contributed by atoms with van der Waals surface area (Å²) in [6.45, 7) is 7.61. The number of amides is 2. The van der Waals surface area contributed by atoms with Crippen molar-refractivity contribution in [3.05, 3.63) is 53.2 Å². The molecule has 1 fully saturated rings. The highest BCUT2D eigenvalue weighted by molar-refractivity contribution is 5.94. The molecule has 6 heteroatoms. The topological polar surface area (TPSA) is 88.3 Å². The van der Waals surface area contributed by atoms with Gasteiger partial charge < -0.3 is 16.0 Å². The van der Waals surface area contributed by atoms with Gasteiger partial charge in [-0.1, -0.05) is 31.2 Å². The second-order valence-corrected chi connectivity index (χ2v) is 7.97. The predicted molar refractivity (Wildman–Crippen MR) is 114 cm³/mol. The fourth-order valence-electron chi connectivity index (χ4n) is 3.81. The third kappa shape index (κ3) is 5.87. The monoisotopic (exact) mass is 394 g/mol. The molecule has 1 aliphatic heterocycles. The van der Waals surface area contributed by atoms with E-state index in [0.29, 0.717) is 24.2 Å². The van der Waals surface area contributed by atoms with Gasteiger partial charge in [-0.05, 0) is 49.9 Å². The fraction of sp³-hybridized carbons (Fsp3) is 0.435. The lowest BCUT2D eigenvalue weighted by molar-refractivity contribution is -0.121. The van der Waals surface area contributed by atoms with Crippen molar-refractivity contribution >= 4 is 11.8 Å². The maximum Gasteiger partial charge on any atom is 0.250 e. The van der Waals surface area contributed by atoms with Gasteiger partial charge in [0.15, 0.2) is 0 Å². The number of nitrogens with two attached hydrogens (primary N) is 1. The number of carbonyl (C=O) groups is 2. The summed E-state index contributed by atoms with van der Waals surface area (Å²) in [4.78, 5) is 30.4. The van der Waals surface area contributed by atoms with Crippen LogP contribution in [0.1, 0.15) is 47.8 Å². The number of benzene rings is 1. The normalized spacial score (nSPS) is 17.1. The molecule has 1 atom stereocenters. The van der Waals surface area contributed by atoms with Gasteiger partial charge in [0.2, 0.25) is 5.91 Å². The molecule has 3 N–H and O–H groups in total. The molecular weight excluding hydrogens is 364 g/mol. The summed E-state index contributed by atoms with van der Waals surface area (Å²) in [7, 11) is 0. The Hall–Kier alpha value is -2.73. The van der Waals surface area contributed by atoms with Crippen LogP contribution in [0.2, 0.25) is 0 Å². The third-order valence-electron chi connectivity index (χ3n) is 5.49. The van der Waals surface area contributed by atoms with E-state index in [2.05, 4.69) is 22.1 Å². The standard InChI is InChI=1S/C23H30N4O2/c1-16-4-3-12-27(15-16)13-11-22(28)25-14-18-5-7-19(8-6-18)21-10-9-20(23(24)29)17(2)26-21/h5-10,16H,3-4,11-15H2,1-2H3,(H2,24,29)(H,25,28). The zero-order valence-electron chi connectivity index (χ0n) is 17.3. The number of carbonyl (C=O) groups excluding carboxylic acids is 2. The van der Waals surface area contributed by atoms with Crippen LogP contribution >= 0.6 is 0 Å². The molecule has 29 heavy (non-hydrogen) atoms. The molecule has 154 valence electrons. The largest absolute Gasteiger partial charge is 0.366 e. The van der Waals surface area contributed by atoms with Crippen molar-refractivity contribution in [1.29, 1.82) is 0 Å². The van der Waals surface area contributed by atoms with Crippen LogP contribution in [-0.2, 0) is 11.3 Å². The molecule has 1 aromatic heterocycles. The molecule has 0 spiro atoms. The van der Waals surface area contributed by atoms with Gasteiger partial charge in [-0.15, -0.1) is 0 Å². The van der Waals surface area contributed by atoms with E-state index in [4.69, 9.17) is 5.73 Å². The predicted octanol–water partition coefficient (Wildman–Crippen LogP) is 2.89. The van der Waals surface area contributed by atoms with E-state index >= 15 is 0 Å². The molecule has 1 unspecified atom stereocenters. The molecule has 2 amide bonds. The Morgan fingerprint density at radius 2 is 1.97 bits per heavy atom. The maximum atomic E-state index is 12.2. The van der Waals surface area contributed by atoms with Crippen molar-refractivity contribution in [3.63, 3.8) is 0 Å². The first-order valence-corrected chi connectivity index (χ1v) is 10.3. The van der Waals surface area contributed by atoms with Crippen molar-refractivity contribution in [2.45, 2.75) is 39.7 Å². The first-order chi connectivity index (χ1) is 13.9. The second kappa shape index (κ2) is 9.65. The minimum atomic E-state index is -0.470. The summed E-state index contributed by atoms with van der Waals surface area (Å²) in [5, 5.41) is 3.01. The average molecular weight is 395 g/mol. The van der Waals surface area contributed by atoms with E-state index in [1.165, 1.54) is 12.8 Å². The Morgan fingerprint density at radius 3 is 2.62 bits per heavy atom. The second-order valence-electron chi connectivity index (χ2n) is 7.97. The number of hydrogen-bond acceptors (Lipinski definition) is 4. The Bertz CT molecular complexity index is 864. The van der Waals surface area contributed by atoms with Crippen LogP contribution < -0.4 is 11.1 Å². The summed E-state index contributed by atoms with van der Waals surface area (Å²) in [6.07, 6.45) is 3.07. The van der Waals surface area contributed by atoms with Crippen molar-refractivity contribution < 1.29 is 9.59 Å². The fourth-order valence-corrected chi connectivity index (χ4v) is 3.81. The number of aromatic nitrogens is 1. The third-order valence-corrected chi connectivity index (χ3v) is 5.49. The van der Waals surface area contributed by atoms with Crippen LogP contribution in [0.4, 0.5) is 0 Å². The minimum absolute atomic E-state index is 0.0895. The van der Waals surface area contributed by atoms with Gasteiger partial charge in [0, 0.05) is 31.6 Å². The molecule has 1 saturated heterocycles. The highest BCUT2D eigenvalue weighted by Gasteiger charge is 2.16. The Kier molecular flexibility index (Phi) is 6.99. The maximum absolute atomic E-state index is 12.2. The van der Waals surface area contributed by atoms with E-state index in [9.17, 15) is 9.59 Å². The van der Waals surface area contributed by atoms with Crippen LogP contribution in [-0.4, -0.2) is 41.3 Å². The van der Waals surface area contributed by atoms with Gasteiger partial charge in [-0.25, -0.2) is 0 Å². The lowest BCUT2D eigenvalue weighted by Crippen LogP contribution is -2.37. The summed E-state index contributed by atoms with van der Waals surface area (Å²) < 4.78 is 0. The molecule has 2 aromatic rings. The number of primary amides is 1. The van der Waals surface area contributed by atoms with Crippen molar-refractivity contribution in [3.8, 4) is 11.3 Å². The highest BCUT2D eigenvalue weighted by atomic mass is 16.1. The molecular formula is C23H30N4O2. The molecule has 1 aliphatic rings. The summed E-state index contributed by atoms with van der Waals surface area (Å²) in [6, 6.07) is 11.4. The van der Waals surface area contributed by atoms with Gasteiger partial charge in [0.25, 0.3) is 5.91 Å². The Balaban J connectivity index is 1.49. The zero-order chi connectivity index (χ0) is 20.8. The van der Waals surface area contributed by atoms with Gasteiger partial charge in [-0.3, -0.25) is 14.6 Å². The van der Waals surface area contributed by atoms with E-state index in [1.807, 2.05) is 24.3 Å². The van der Waals surface area contributed by atoms with Gasteiger partial charge in [0.1, 0.15) is 0 Å². The first kappa shape index (κ1) is 21.0. The number of nitrogens with one attached hydrogen (secondary N) is 1. The van der Waals surface area contributed by atoms with E-state index in [-0.39, 0.29) is 5.91 Å². The minimum Gasteiger partial charge on any atom is -0.366 e. The quantitative estimate of drug-likeness (QED) is 0.756.